The minimum atomic E-state index is -0.890. The van der Waals surface area contributed by atoms with Crippen molar-refractivity contribution in [1.29, 1.82) is 0 Å². The Morgan fingerprint density at radius 2 is 1.79 bits per heavy atom. The van der Waals surface area contributed by atoms with Crippen molar-refractivity contribution in [2.75, 3.05) is 11.9 Å². The van der Waals surface area contributed by atoms with Crippen LogP contribution in [-0.4, -0.2) is 24.6 Å². The lowest BCUT2D eigenvalue weighted by Crippen LogP contribution is -2.32. The van der Waals surface area contributed by atoms with Crippen LogP contribution < -0.4 is 20.2 Å². The summed E-state index contributed by atoms with van der Waals surface area (Å²) in [5.74, 6) is -0.610. The molecular weight excluding hydrogens is 510 g/mol. The van der Waals surface area contributed by atoms with Gasteiger partial charge in [0.25, 0.3) is 0 Å². The SMILES string of the molecule is CCOc1cc(/C=N/NC(=O)C(=O)Nc2cccc(Br)c2)ccc1OCc1ccc(Cl)cc1. The second-order valence-corrected chi connectivity index (χ2v) is 8.07. The van der Waals surface area contributed by atoms with E-state index in [1.165, 1.54) is 6.21 Å². The smallest absolute Gasteiger partial charge is 0.329 e. The first-order valence-electron chi connectivity index (χ1n) is 9.98. The molecule has 7 nitrogen and oxygen atoms in total. The van der Waals surface area contributed by atoms with Crippen LogP contribution in [-0.2, 0) is 16.2 Å². The molecule has 0 bridgehead atoms. The van der Waals surface area contributed by atoms with E-state index in [9.17, 15) is 9.59 Å². The normalized spacial score (nSPS) is 10.6. The van der Waals surface area contributed by atoms with Crippen molar-refractivity contribution in [2.24, 2.45) is 5.10 Å². The molecule has 3 aromatic carbocycles. The van der Waals surface area contributed by atoms with Crippen LogP contribution in [0, 0.1) is 0 Å². The number of hydrogen-bond donors (Lipinski definition) is 2. The van der Waals surface area contributed by atoms with Crippen molar-refractivity contribution in [3.8, 4) is 11.5 Å². The van der Waals surface area contributed by atoms with Gasteiger partial charge in [-0.3, -0.25) is 9.59 Å². The summed E-state index contributed by atoms with van der Waals surface area (Å²) in [5.41, 5.74) is 4.32. The monoisotopic (exact) mass is 529 g/mol. The zero-order chi connectivity index (χ0) is 23.6. The summed E-state index contributed by atoms with van der Waals surface area (Å²) in [5, 5.41) is 7.01. The average molecular weight is 531 g/mol. The quantitative estimate of drug-likeness (QED) is 0.239. The maximum atomic E-state index is 12.0. The van der Waals surface area contributed by atoms with Crippen molar-refractivity contribution < 1.29 is 19.1 Å². The summed E-state index contributed by atoms with van der Waals surface area (Å²) in [6, 6.07) is 19.5. The topological polar surface area (TPSA) is 89.0 Å². The molecule has 0 heterocycles. The number of nitrogens with one attached hydrogen (secondary N) is 2. The zero-order valence-electron chi connectivity index (χ0n) is 17.7. The number of amides is 2. The Balaban J connectivity index is 1.59. The third-order valence-electron chi connectivity index (χ3n) is 4.24. The van der Waals surface area contributed by atoms with Crippen molar-refractivity contribution >= 4 is 51.2 Å². The number of hydrazone groups is 1. The number of anilines is 1. The van der Waals surface area contributed by atoms with E-state index in [1.54, 1.807) is 48.5 Å². The number of carbonyl (C=O) groups is 2. The van der Waals surface area contributed by atoms with E-state index in [2.05, 4.69) is 31.8 Å². The van der Waals surface area contributed by atoms with E-state index in [0.717, 1.165) is 10.0 Å². The molecule has 0 saturated heterocycles. The van der Waals surface area contributed by atoms with Gasteiger partial charge in [0.15, 0.2) is 11.5 Å². The fraction of sp³-hybridized carbons (Fsp3) is 0.125. The van der Waals surface area contributed by atoms with Gasteiger partial charge in [-0.15, -0.1) is 0 Å². The predicted molar refractivity (Wildman–Crippen MR) is 132 cm³/mol. The van der Waals surface area contributed by atoms with Crippen LogP contribution in [0.3, 0.4) is 0 Å². The van der Waals surface area contributed by atoms with E-state index < -0.39 is 11.8 Å². The van der Waals surface area contributed by atoms with Crippen LogP contribution in [0.25, 0.3) is 0 Å². The molecule has 0 unspecified atom stereocenters. The number of hydrogen-bond acceptors (Lipinski definition) is 5. The number of halogens is 2. The van der Waals surface area contributed by atoms with Crippen LogP contribution in [0.15, 0.2) is 76.3 Å². The highest BCUT2D eigenvalue weighted by molar-refractivity contribution is 9.10. The van der Waals surface area contributed by atoms with Crippen molar-refractivity contribution in [3.63, 3.8) is 0 Å². The van der Waals surface area contributed by atoms with Gasteiger partial charge in [0, 0.05) is 15.2 Å². The molecule has 0 saturated carbocycles. The van der Waals surface area contributed by atoms with Crippen LogP contribution >= 0.6 is 27.5 Å². The van der Waals surface area contributed by atoms with Gasteiger partial charge in [0.05, 0.1) is 12.8 Å². The van der Waals surface area contributed by atoms with E-state index in [4.69, 9.17) is 21.1 Å². The van der Waals surface area contributed by atoms with Gasteiger partial charge in [-0.25, -0.2) is 5.43 Å². The molecule has 33 heavy (non-hydrogen) atoms. The Morgan fingerprint density at radius 1 is 1.00 bits per heavy atom. The first-order valence-corrected chi connectivity index (χ1v) is 11.2. The molecule has 0 aliphatic carbocycles. The molecule has 2 amide bonds. The van der Waals surface area contributed by atoms with Crippen molar-refractivity contribution in [3.05, 3.63) is 87.4 Å². The Morgan fingerprint density at radius 3 is 2.52 bits per heavy atom. The van der Waals surface area contributed by atoms with Crippen molar-refractivity contribution in [1.82, 2.24) is 5.43 Å². The number of rotatable bonds is 8. The first kappa shape index (κ1) is 24.3. The molecule has 0 aromatic heterocycles. The minimum Gasteiger partial charge on any atom is -0.490 e. The Kier molecular flexibility index (Phi) is 8.86. The number of carbonyl (C=O) groups excluding carboxylic acids is 2. The summed E-state index contributed by atoms with van der Waals surface area (Å²) >= 11 is 9.21. The third-order valence-corrected chi connectivity index (χ3v) is 4.99. The minimum absolute atomic E-state index is 0.355. The van der Waals surface area contributed by atoms with Crippen LogP contribution in [0.1, 0.15) is 18.1 Å². The molecule has 0 spiro atoms. The Hall–Kier alpha value is -3.36. The molecule has 0 fully saturated rings. The zero-order valence-corrected chi connectivity index (χ0v) is 20.0. The lowest BCUT2D eigenvalue weighted by atomic mass is 10.2. The van der Waals surface area contributed by atoms with Gasteiger partial charge in [0.2, 0.25) is 0 Å². The van der Waals surface area contributed by atoms with Gasteiger partial charge < -0.3 is 14.8 Å². The van der Waals surface area contributed by atoms with Crippen LogP contribution in [0.4, 0.5) is 5.69 Å². The lowest BCUT2D eigenvalue weighted by Gasteiger charge is -2.12. The molecular formula is C24H21BrClN3O4. The van der Waals surface area contributed by atoms with E-state index in [0.29, 0.717) is 41.0 Å². The number of benzene rings is 3. The molecule has 0 aliphatic heterocycles. The molecule has 9 heteroatoms. The Labute approximate surface area is 204 Å². The largest absolute Gasteiger partial charge is 0.490 e. The summed E-state index contributed by atoms with van der Waals surface area (Å²) in [6.07, 6.45) is 1.41. The lowest BCUT2D eigenvalue weighted by molar-refractivity contribution is -0.136. The highest BCUT2D eigenvalue weighted by Gasteiger charge is 2.13. The van der Waals surface area contributed by atoms with E-state index in [1.807, 2.05) is 25.1 Å². The number of nitrogens with zero attached hydrogens (tertiary/aromatic N) is 1. The fourth-order valence-electron chi connectivity index (χ4n) is 2.70. The van der Waals surface area contributed by atoms with E-state index >= 15 is 0 Å². The molecule has 0 atom stereocenters. The summed E-state index contributed by atoms with van der Waals surface area (Å²) in [7, 11) is 0. The molecule has 2 N–H and O–H groups in total. The molecule has 3 rings (SSSR count). The highest BCUT2D eigenvalue weighted by Crippen LogP contribution is 2.29. The van der Waals surface area contributed by atoms with Crippen LogP contribution in [0.5, 0.6) is 11.5 Å². The van der Waals surface area contributed by atoms with E-state index in [-0.39, 0.29) is 0 Å². The van der Waals surface area contributed by atoms with Gasteiger partial charge >= 0.3 is 11.8 Å². The summed E-state index contributed by atoms with van der Waals surface area (Å²) in [4.78, 5) is 24.0. The summed E-state index contributed by atoms with van der Waals surface area (Å²) < 4.78 is 12.3. The third kappa shape index (κ3) is 7.62. The number of ether oxygens (including phenoxy) is 2. The first-order chi connectivity index (χ1) is 15.9. The average Bonchev–Trinajstić information content (AvgIpc) is 2.80. The predicted octanol–water partition coefficient (Wildman–Crippen LogP) is 5.17. The molecule has 0 aliphatic rings. The van der Waals surface area contributed by atoms with Gasteiger partial charge in [-0.2, -0.15) is 5.10 Å². The maximum absolute atomic E-state index is 12.0. The molecule has 3 aromatic rings. The second kappa shape index (κ2) is 12.0. The van der Waals surface area contributed by atoms with Gasteiger partial charge in [0.1, 0.15) is 6.61 Å². The van der Waals surface area contributed by atoms with Gasteiger partial charge in [-0.1, -0.05) is 45.7 Å². The second-order valence-electron chi connectivity index (χ2n) is 6.72. The fourth-order valence-corrected chi connectivity index (χ4v) is 3.23. The summed E-state index contributed by atoms with van der Waals surface area (Å²) in [6.45, 7) is 2.67. The van der Waals surface area contributed by atoms with Crippen LogP contribution in [0.2, 0.25) is 5.02 Å². The maximum Gasteiger partial charge on any atom is 0.329 e. The highest BCUT2D eigenvalue weighted by atomic mass is 79.9. The van der Waals surface area contributed by atoms with Crippen molar-refractivity contribution in [2.45, 2.75) is 13.5 Å². The Bertz CT molecular complexity index is 1150. The standard InChI is InChI=1S/C24H21BrClN3O4/c1-2-32-22-12-17(8-11-21(22)33-15-16-6-9-19(26)10-7-16)14-27-29-24(31)23(30)28-20-5-3-4-18(25)13-20/h3-14H,2,15H2,1H3,(H,28,30)(H,29,31)/b27-14+. The molecule has 170 valence electrons. The molecule has 0 radical (unpaired) electrons. The van der Waals surface area contributed by atoms with Gasteiger partial charge in [-0.05, 0) is 66.6 Å².